The summed E-state index contributed by atoms with van der Waals surface area (Å²) in [5.41, 5.74) is 7.52. The molecule has 4 aromatic rings. The number of aryl methyl sites for hydroxylation is 1. The van der Waals surface area contributed by atoms with E-state index in [-0.39, 0.29) is 45.4 Å². The van der Waals surface area contributed by atoms with E-state index in [0.717, 1.165) is 19.1 Å². The van der Waals surface area contributed by atoms with Crippen LogP contribution in [0.25, 0.3) is 16.8 Å². The Morgan fingerprint density at radius 3 is 2.40 bits per heavy atom. The summed E-state index contributed by atoms with van der Waals surface area (Å²) in [6, 6.07) is 13.1. The Hall–Kier alpha value is -4.70. The Morgan fingerprint density at radius 1 is 1.08 bits per heavy atom. The molecule has 6 rings (SSSR count). The van der Waals surface area contributed by atoms with Crippen LogP contribution in [0, 0.1) is 12.3 Å². The number of nitrogens with two attached hydrogens (primary N) is 1. The van der Waals surface area contributed by atoms with E-state index in [9.17, 15) is 26.4 Å². The first-order valence-electron chi connectivity index (χ1n) is 16.1. The van der Waals surface area contributed by atoms with Crippen molar-refractivity contribution in [3.8, 4) is 22.7 Å². The number of halogens is 3. The summed E-state index contributed by atoms with van der Waals surface area (Å²) in [5, 5.41) is 7.64. The van der Waals surface area contributed by atoms with E-state index in [1.165, 1.54) is 35.0 Å². The van der Waals surface area contributed by atoms with Gasteiger partial charge in [-0.2, -0.15) is 28.2 Å². The molecule has 2 aliphatic heterocycles. The van der Waals surface area contributed by atoms with E-state index in [1.54, 1.807) is 44.3 Å². The van der Waals surface area contributed by atoms with Crippen LogP contribution in [0.1, 0.15) is 43.5 Å². The van der Waals surface area contributed by atoms with Crippen LogP contribution in [0.5, 0.6) is 5.88 Å². The molecule has 16 heteroatoms. The highest BCUT2D eigenvalue weighted by Crippen LogP contribution is 2.43. The molecule has 266 valence electrons. The predicted octanol–water partition coefficient (Wildman–Crippen LogP) is 4.82. The zero-order valence-electron chi connectivity index (χ0n) is 27.8. The summed E-state index contributed by atoms with van der Waals surface area (Å²) in [5.74, 6) is -0.505. The lowest BCUT2D eigenvalue weighted by atomic mass is 9.76. The van der Waals surface area contributed by atoms with Crippen LogP contribution in [0.2, 0.25) is 0 Å². The molecule has 0 bridgehead atoms. The minimum atomic E-state index is -4.88. The number of anilines is 2. The normalized spacial score (nSPS) is 18.3. The summed E-state index contributed by atoms with van der Waals surface area (Å²) < 4.78 is 80.8. The predicted molar refractivity (Wildman–Crippen MR) is 180 cm³/mol. The lowest BCUT2D eigenvalue weighted by Crippen LogP contribution is -2.41. The third-order valence-electron chi connectivity index (χ3n) is 9.22. The van der Waals surface area contributed by atoms with Gasteiger partial charge in [-0.3, -0.25) is 4.79 Å². The molecule has 2 fully saturated rings. The lowest BCUT2D eigenvalue weighted by molar-refractivity contribution is -0.198. The summed E-state index contributed by atoms with van der Waals surface area (Å²) >= 11 is 0. The van der Waals surface area contributed by atoms with Gasteiger partial charge in [0.2, 0.25) is 17.9 Å². The second kappa shape index (κ2) is 13.5. The lowest BCUT2D eigenvalue weighted by Gasteiger charge is -2.39. The number of benzene rings is 2. The van der Waals surface area contributed by atoms with Crippen LogP contribution in [0.4, 0.5) is 24.9 Å². The molecule has 0 amide bonds. The maximum absolute atomic E-state index is 14.9. The number of hydrogen-bond donors (Lipinski definition) is 2. The molecule has 12 nitrogen and oxygen atoms in total. The van der Waals surface area contributed by atoms with Crippen LogP contribution in [-0.4, -0.2) is 78.9 Å². The van der Waals surface area contributed by atoms with Crippen molar-refractivity contribution in [1.82, 2.24) is 25.1 Å². The zero-order chi connectivity index (χ0) is 35.8. The molecule has 0 aliphatic carbocycles. The Labute approximate surface area is 287 Å². The Bertz CT molecular complexity index is 1980. The fourth-order valence-electron chi connectivity index (χ4n) is 6.58. The zero-order valence-corrected chi connectivity index (χ0v) is 28.6. The highest BCUT2D eigenvalue weighted by atomic mass is 32.2. The van der Waals surface area contributed by atoms with Gasteiger partial charge in [0.1, 0.15) is 11.9 Å². The summed E-state index contributed by atoms with van der Waals surface area (Å²) in [4.78, 5) is 22.6. The van der Waals surface area contributed by atoms with Crippen molar-refractivity contribution in [2.24, 2.45) is 5.41 Å². The number of nitrogens with one attached hydrogen (secondary N) is 1. The summed E-state index contributed by atoms with van der Waals surface area (Å²) in [6.07, 6.45) is -2.57. The first kappa shape index (κ1) is 35.1. The van der Waals surface area contributed by atoms with Gasteiger partial charge in [0.05, 0.1) is 22.9 Å². The molecule has 50 heavy (non-hydrogen) atoms. The number of nitrogens with zero attached hydrogens (tertiary/aromatic N) is 5. The van der Waals surface area contributed by atoms with Crippen molar-refractivity contribution < 1.29 is 35.9 Å². The maximum atomic E-state index is 14.9. The first-order chi connectivity index (χ1) is 23.6. The molecular formula is C34H38F3N7O5S. The number of sulfone groups is 1. The molecule has 1 spiro atoms. The van der Waals surface area contributed by atoms with Gasteiger partial charge in [-0.25, -0.2) is 13.1 Å². The van der Waals surface area contributed by atoms with E-state index < -0.39 is 22.1 Å². The number of hydrogen-bond acceptors (Lipinski definition) is 11. The van der Waals surface area contributed by atoms with Crippen LogP contribution < -0.4 is 20.7 Å². The minimum absolute atomic E-state index is 0.101. The Kier molecular flexibility index (Phi) is 9.52. The van der Waals surface area contributed by atoms with Gasteiger partial charge in [-0.05, 0) is 73.9 Å². The molecule has 0 radical (unpaired) electrons. The number of nitrogen functional groups attached to an aromatic ring is 1. The molecule has 1 unspecified atom stereocenters. The van der Waals surface area contributed by atoms with Crippen molar-refractivity contribution in [1.29, 1.82) is 0 Å². The third-order valence-corrected chi connectivity index (χ3v) is 10.3. The molecule has 2 atom stereocenters. The van der Waals surface area contributed by atoms with Gasteiger partial charge in [0.15, 0.2) is 9.84 Å². The van der Waals surface area contributed by atoms with Crippen molar-refractivity contribution in [2.75, 3.05) is 43.1 Å². The van der Waals surface area contributed by atoms with E-state index >= 15 is 0 Å². The van der Waals surface area contributed by atoms with Crippen molar-refractivity contribution in [3.05, 3.63) is 72.1 Å². The summed E-state index contributed by atoms with van der Waals surface area (Å²) in [6.45, 7) is 5.56. The van der Waals surface area contributed by atoms with Crippen LogP contribution >= 0.6 is 0 Å². The van der Waals surface area contributed by atoms with Crippen molar-refractivity contribution >= 4 is 27.6 Å². The Balaban J connectivity index is 1.28. The molecule has 2 aliphatic rings. The average Bonchev–Trinajstić information content (AvgIpc) is 3.69. The number of carbonyl (C=O) groups is 1. The highest BCUT2D eigenvalue weighted by Gasteiger charge is 2.46. The van der Waals surface area contributed by atoms with Crippen molar-refractivity contribution in [3.63, 3.8) is 0 Å². The van der Waals surface area contributed by atoms with E-state index in [2.05, 4.69) is 20.4 Å². The fraction of sp³-hybridized carbons (Fsp3) is 0.412. The van der Waals surface area contributed by atoms with Crippen LogP contribution in [-0.2, 0) is 19.4 Å². The number of alkyl halides is 3. The summed E-state index contributed by atoms with van der Waals surface area (Å²) in [7, 11) is -3.44. The van der Waals surface area contributed by atoms with Gasteiger partial charge in [-0.15, -0.1) is 0 Å². The quantitative estimate of drug-likeness (QED) is 0.230. The average molecular weight is 714 g/mol. The largest absolute Gasteiger partial charge is 0.465 e. The standard InChI is InChI=1S/C34H38F3N7O5S/c1-4-48-31(45)26-19-33(20-39-26)12-15-43(16-13-33)28-18-29(41-32(38)40-28)49-30(34(35,36)37)25-10-7-23(17-27(25)44-14-11-21(2)42-44)22-5-8-24(9-6-22)50(3,46)47/h5-11,14,17-18,26,30,39H,4,12-13,15-16,19-20H2,1-3H3,(H2,38,40,41)/t26?,30-/m1/s1. The number of esters is 1. The molecule has 4 heterocycles. The van der Waals surface area contributed by atoms with Crippen LogP contribution in [0.15, 0.2) is 65.7 Å². The second-order valence-corrected chi connectivity index (χ2v) is 14.8. The van der Waals surface area contributed by atoms with Gasteiger partial charge in [-0.1, -0.05) is 24.3 Å². The van der Waals surface area contributed by atoms with E-state index in [1.807, 2.05) is 4.90 Å². The number of aromatic nitrogens is 4. The number of rotatable bonds is 9. The molecule has 0 saturated carbocycles. The number of ether oxygens (including phenoxy) is 2. The van der Waals surface area contributed by atoms with Gasteiger partial charge in [0, 0.05) is 43.7 Å². The Morgan fingerprint density at radius 2 is 1.78 bits per heavy atom. The maximum Gasteiger partial charge on any atom is 0.429 e. The minimum Gasteiger partial charge on any atom is -0.465 e. The molecule has 2 aromatic heterocycles. The third kappa shape index (κ3) is 7.55. The van der Waals surface area contributed by atoms with E-state index in [4.69, 9.17) is 15.2 Å². The van der Waals surface area contributed by atoms with E-state index in [0.29, 0.717) is 55.3 Å². The highest BCUT2D eigenvalue weighted by molar-refractivity contribution is 7.90. The second-order valence-electron chi connectivity index (χ2n) is 12.8. The topological polar surface area (TPSA) is 155 Å². The SMILES string of the molecule is CCOC(=O)C1CC2(CCN(c3cc(O[C@H](c4ccc(-c5ccc(S(C)(=O)=O)cc5)cc4-n4ccc(C)n4)C(F)(F)F)nc(N)n3)CC2)CN1. The molecule has 3 N–H and O–H groups in total. The van der Waals surface area contributed by atoms with Gasteiger partial charge >= 0.3 is 12.1 Å². The molecular weight excluding hydrogens is 675 g/mol. The van der Waals surface area contributed by atoms with Gasteiger partial charge in [0.25, 0.3) is 0 Å². The first-order valence-corrected chi connectivity index (χ1v) is 18.0. The number of carbonyl (C=O) groups excluding carboxylic acids is 1. The van der Waals surface area contributed by atoms with Crippen LogP contribution in [0.3, 0.4) is 0 Å². The van der Waals surface area contributed by atoms with Gasteiger partial charge < -0.3 is 25.4 Å². The fourth-order valence-corrected chi connectivity index (χ4v) is 7.22. The van der Waals surface area contributed by atoms with Crippen molar-refractivity contribution in [2.45, 2.75) is 56.3 Å². The molecule has 2 aromatic carbocycles. The number of piperidine rings is 1. The smallest absolute Gasteiger partial charge is 0.429 e. The molecule has 2 saturated heterocycles. The monoisotopic (exact) mass is 713 g/mol.